The maximum Gasteiger partial charge on any atom is 0.0534 e. The van der Waals surface area contributed by atoms with Crippen LogP contribution >= 0.6 is 0 Å². The molecule has 0 saturated heterocycles. The van der Waals surface area contributed by atoms with Gasteiger partial charge >= 0.3 is 0 Å². The van der Waals surface area contributed by atoms with E-state index in [0.29, 0.717) is 6.04 Å². The van der Waals surface area contributed by atoms with Gasteiger partial charge < -0.3 is 5.32 Å². The van der Waals surface area contributed by atoms with Crippen LogP contribution in [0.2, 0.25) is 0 Å². The van der Waals surface area contributed by atoms with Crippen molar-refractivity contribution in [3.05, 3.63) is 18.0 Å². The van der Waals surface area contributed by atoms with Crippen molar-refractivity contribution in [2.45, 2.75) is 54.1 Å². The molecule has 0 bridgehead atoms. The molecule has 104 valence electrons. The third-order valence-electron chi connectivity index (χ3n) is 3.61. The summed E-state index contributed by atoms with van der Waals surface area (Å²) in [6.07, 6.45) is 4.10. The van der Waals surface area contributed by atoms with Crippen molar-refractivity contribution < 1.29 is 0 Å². The second kappa shape index (κ2) is 6.93. The van der Waals surface area contributed by atoms with E-state index in [9.17, 15) is 0 Å². The summed E-state index contributed by atoms with van der Waals surface area (Å²) in [5, 5.41) is 7.92. The molecule has 18 heavy (non-hydrogen) atoms. The van der Waals surface area contributed by atoms with E-state index in [2.05, 4.69) is 58.2 Å². The monoisotopic (exact) mass is 251 g/mol. The Kier molecular flexibility index (Phi) is 5.86. The van der Waals surface area contributed by atoms with Gasteiger partial charge in [-0.1, -0.05) is 27.7 Å². The molecule has 3 nitrogen and oxygen atoms in total. The number of hydrogen-bond acceptors (Lipinski definition) is 2. The number of hydrogen-bond donors (Lipinski definition) is 1. The molecule has 1 aromatic heterocycles. The van der Waals surface area contributed by atoms with Crippen LogP contribution < -0.4 is 5.32 Å². The molecule has 1 rings (SSSR count). The predicted octanol–water partition coefficient (Wildman–Crippen LogP) is 3.48. The molecule has 0 aliphatic heterocycles. The van der Waals surface area contributed by atoms with E-state index in [0.717, 1.165) is 30.8 Å². The molecule has 0 spiro atoms. The van der Waals surface area contributed by atoms with E-state index in [-0.39, 0.29) is 0 Å². The van der Waals surface area contributed by atoms with Gasteiger partial charge in [-0.25, -0.2) is 0 Å². The first-order valence-electron chi connectivity index (χ1n) is 7.15. The van der Waals surface area contributed by atoms with Crippen molar-refractivity contribution in [1.29, 1.82) is 0 Å². The van der Waals surface area contributed by atoms with Gasteiger partial charge in [-0.2, -0.15) is 5.10 Å². The average molecular weight is 251 g/mol. The summed E-state index contributed by atoms with van der Waals surface area (Å²) in [6.45, 7) is 15.5. The summed E-state index contributed by atoms with van der Waals surface area (Å²) in [7, 11) is 0. The van der Waals surface area contributed by atoms with Crippen molar-refractivity contribution >= 4 is 0 Å². The Balaban J connectivity index is 2.40. The lowest BCUT2D eigenvalue weighted by Crippen LogP contribution is -2.29. The van der Waals surface area contributed by atoms with Crippen molar-refractivity contribution in [3.63, 3.8) is 0 Å². The number of nitrogens with one attached hydrogen (secondary N) is 1. The van der Waals surface area contributed by atoms with E-state index in [1.54, 1.807) is 0 Å². The summed E-state index contributed by atoms with van der Waals surface area (Å²) in [5.41, 5.74) is 1.27. The van der Waals surface area contributed by atoms with E-state index in [4.69, 9.17) is 0 Å². The maximum atomic E-state index is 4.36. The third-order valence-corrected chi connectivity index (χ3v) is 3.61. The molecule has 0 aliphatic carbocycles. The van der Waals surface area contributed by atoms with Crippen LogP contribution in [-0.4, -0.2) is 16.3 Å². The van der Waals surface area contributed by atoms with Crippen LogP contribution in [0.15, 0.2) is 12.4 Å². The minimum Gasteiger partial charge on any atom is -0.312 e. The van der Waals surface area contributed by atoms with Gasteiger partial charge in [-0.05, 0) is 38.1 Å². The van der Waals surface area contributed by atoms with Gasteiger partial charge in [-0.15, -0.1) is 0 Å². The normalized spacial score (nSPS) is 12.3. The Hall–Kier alpha value is -0.830. The first-order chi connectivity index (χ1) is 8.41. The van der Waals surface area contributed by atoms with Crippen molar-refractivity contribution in [1.82, 2.24) is 15.1 Å². The van der Waals surface area contributed by atoms with Gasteiger partial charge in [0.1, 0.15) is 0 Å². The quantitative estimate of drug-likeness (QED) is 0.804. The molecule has 0 aliphatic rings. The van der Waals surface area contributed by atoms with Crippen LogP contribution in [0.4, 0.5) is 0 Å². The molecule has 0 aromatic carbocycles. The lowest BCUT2D eigenvalue weighted by atomic mass is 9.85. The van der Waals surface area contributed by atoms with E-state index < -0.39 is 0 Å². The first kappa shape index (κ1) is 15.2. The van der Waals surface area contributed by atoms with Crippen molar-refractivity contribution in [3.8, 4) is 0 Å². The van der Waals surface area contributed by atoms with Crippen molar-refractivity contribution in [2.24, 2.45) is 17.8 Å². The zero-order chi connectivity index (χ0) is 13.7. The molecule has 1 aromatic rings. The van der Waals surface area contributed by atoms with Crippen molar-refractivity contribution in [2.75, 3.05) is 6.54 Å². The highest BCUT2D eigenvalue weighted by Gasteiger charge is 2.16. The van der Waals surface area contributed by atoms with Gasteiger partial charge in [0.05, 0.1) is 6.20 Å². The van der Waals surface area contributed by atoms with E-state index >= 15 is 0 Å². The van der Waals surface area contributed by atoms with Gasteiger partial charge in [0.15, 0.2) is 0 Å². The minimum atomic E-state index is 0.442. The molecule has 0 radical (unpaired) electrons. The highest BCUT2D eigenvalue weighted by Crippen LogP contribution is 2.19. The van der Waals surface area contributed by atoms with Gasteiger partial charge in [0.2, 0.25) is 0 Å². The molecule has 3 heteroatoms. The Labute approximate surface area is 112 Å². The summed E-state index contributed by atoms with van der Waals surface area (Å²) in [4.78, 5) is 0. The lowest BCUT2D eigenvalue weighted by molar-refractivity contribution is 0.275. The molecule has 0 fully saturated rings. The highest BCUT2D eigenvalue weighted by molar-refractivity contribution is 5.03. The van der Waals surface area contributed by atoms with Crippen LogP contribution in [-0.2, 0) is 6.54 Å². The number of nitrogens with zero attached hydrogens (tertiary/aromatic N) is 2. The molecule has 0 amide bonds. The summed E-state index contributed by atoms with van der Waals surface area (Å²) in [5.74, 6) is 2.21. The summed E-state index contributed by atoms with van der Waals surface area (Å²) >= 11 is 0. The smallest absolute Gasteiger partial charge is 0.0534 e. The van der Waals surface area contributed by atoms with Gasteiger partial charge in [0.25, 0.3) is 0 Å². The molecule has 0 atom stereocenters. The largest absolute Gasteiger partial charge is 0.312 e. The van der Waals surface area contributed by atoms with Gasteiger partial charge in [0, 0.05) is 24.3 Å². The Bertz CT molecular complexity index is 331. The number of rotatable bonds is 7. The summed E-state index contributed by atoms with van der Waals surface area (Å²) in [6, 6.07) is 0.442. The van der Waals surface area contributed by atoms with E-state index in [1.165, 1.54) is 5.56 Å². The van der Waals surface area contributed by atoms with E-state index in [1.807, 2.05) is 10.9 Å². The zero-order valence-corrected chi connectivity index (χ0v) is 12.8. The highest BCUT2D eigenvalue weighted by atomic mass is 15.3. The minimum absolute atomic E-state index is 0.442. The van der Waals surface area contributed by atoms with Crippen LogP contribution in [0.25, 0.3) is 0 Å². The Morgan fingerprint density at radius 1 is 1.11 bits per heavy atom. The second-order valence-electron chi connectivity index (χ2n) is 6.21. The third kappa shape index (κ3) is 4.45. The molecular formula is C15H29N3. The fraction of sp³-hybridized carbons (Fsp3) is 0.800. The molecule has 0 unspecified atom stereocenters. The topological polar surface area (TPSA) is 29.9 Å². The summed E-state index contributed by atoms with van der Waals surface area (Å²) < 4.78 is 2.01. The second-order valence-corrected chi connectivity index (χ2v) is 6.21. The fourth-order valence-electron chi connectivity index (χ4n) is 2.38. The van der Waals surface area contributed by atoms with Crippen LogP contribution in [0, 0.1) is 17.8 Å². The first-order valence-corrected chi connectivity index (χ1v) is 7.15. The molecular weight excluding hydrogens is 222 g/mol. The molecule has 1 heterocycles. The van der Waals surface area contributed by atoms with Gasteiger partial charge in [-0.3, -0.25) is 4.68 Å². The number of aromatic nitrogens is 2. The maximum absolute atomic E-state index is 4.36. The lowest BCUT2D eigenvalue weighted by Gasteiger charge is -2.25. The average Bonchev–Trinajstić information content (AvgIpc) is 2.71. The molecule has 1 N–H and O–H groups in total. The van der Waals surface area contributed by atoms with Crippen LogP contribution in [0.3, 0.4) is 0 Å². The standard InChI is InChI=1S/C15H29N3/c1-11(2)15(12(3)4)9-16-7-14-8-17-18(10-14)13(5)6/h8,10-13,15-16H,7,9H2,1-6H3. The zero-order valence-electron chi connectivity index (χ0n) is 12.8. The predicted molar refractivity (Wildman–Crippen MR) is 77.5 cm³/mol. The van der Waals surface area contributed by atoms with Crippen LogP contribution in [0.1, 0.15) is 53.1 Å². The fourth-order valence-corrected chi connectivity index (χ4v) is 2.38. The SMILES string of the molecule is CC(C)C(CNCc1cnn(C(C)C)c1)C(C)C. The Morgan fingerprint density at radius 2 is 1.72 bits per heavy atom. The van der Waals surface area contributed by atoms with Crippen LogP contribution in [0.5, 0.6) is 0 Å². The molecule has 0 saturated carbocycles. The Morgan fingerprint density at radius 3 is 2.17 bits per heavy atom.